The Morgan fingerprint density at radius 2 is 1.94 bits per heavy atom. The van der Waals surface area contributed by atoms with Crippen molar-refractivity contribution in [2.75, 3.05) is 13.1 Å². The summed E-state index contributed by atoms with van der Waals surface area (Å²) in [5.41, 5.74) is 5.88. The summed E-state index contributed by atoms with van der Waals surface area (Å²) in [6.07, 6.45) is 5.51. The third-order valence-corrected chi connectivity index (χ3v) is 7.17. The van der Waals surface area contributed by atoms with Crippen LogP contribution in [-0.2, 0) is 6.42 Å². The number of hydrogen-bond acceptors (Lipinski definition) is 4. The molecule has 0 spiro atoms. The van der Waals surface area contributed by atoms with Crippen LogP contribution in [0, 0.1) is 6.92 Å². The highest BCUT2D eigenvalue weighted by Crippen LogP contribution is 2.36. The summed E-state index contributed by atoms with van der Waals surface area (Å²) < 4.78 is 1.78. The van der Waals surface area contributed by atoms with Crippen LogP contribution in [0.1, 0.15) is 53.5 Å². The van der Waals surface area contributed by atoms with Gasteiger partial charge < -0.3 is 0 Å². The fourth-order valence-corrected chi connectivity index (χ4v) is 5.60. The molecule has 1 amide bonds. The van der Waals surface area contributed by atoms with Gasteiger partial charge in [-0.05, 0) is 56.5 Å². The predicted octanol–water partition coefficient (Wildman–Crippen LogP) is 6.30. The summed E-state index contributed by atoms with van der Waals surface area (Å²) in [6, 6.07) is 9.58. The van der Waals surface area contributed by atoms with Crippen LogP contribution in [-0.4, -0.2) is 33.8 Å². The number of hydrazine groups is 1. The van der Waals surface area contributed by atoms with Gasteiger partial charge >= 0.3 is 0 Å². The third kappa shape index (κ3) is 4.82. The van der Waals surface area contributed by atoms with E-state index in [1.165, 1.54) is 11.3 Å². The average molecular weight is 477 g/mol. The van der Waals surface area contributed by atoms with E-state index in [1.807, 2.05) is 18.0 Å². The number of aryl methyl sites for hydroxylation is 1. The van der Waals surface area contributed by atoms with Crippen molar-refractivity contribution >= 4 is 40.4 Å². The molecule has 0 atom stereocenters. The van der Waals surface area contributed by atoms with Crippen molar-refractivity contribution in [2.24, 2.45) is 0 Å². The van der Waals surface area contributed by atoms with Crippen LogP contribution >= 0.6 is 34.5 Å². The molecule has 8 heteroatoms. The SMILES string of the molecule is CCCc1ccc(-c2c(C)c(C(=O)NN3CCCCC3)nn2-c2ccc(Cl)cc2Cl)s1. The van der Waals surface area contributed by atoms with E-state index in [0.717, 1.165) is 54.9 Å². The lowest BCUT2D eigenvalue weighted by Crippen LogP contribution is -2.45. The van der Waals surface area contributed by atoms with Crippen LogP contribution in [0.3, 0.4) is 0 Å². The van der Waals surface area contributed by atoms with E-state index in [1.54, 1.807) is 28.2 Å². The highest BCUT2D eigenvalue weighted by atomic mass is 35.5. The van der Waals surface area contributed by atoms with Crippen molar-refractivity contribution in [3.63, 3.8) is 0 Å². The van der Waals surface area contributed by atoms with Gasteiger partial charge in [0, 0.05) is 28.6 Å². The molecule has 1 aromatic carbocycles. The number of thiophene rings is 1. The molecule has 3 heterocycles. The molecule has 164 valence electrons. The van der Waals surface area contributed by atoms with Crippen LogP contribution < -0.4 is 5.43 Å². The van der Waals surface area contributed by atoms with Crippen molar-refractivity contribution in [1.82, 2.24) is 20.2 Å². The van der Waals surface area contributed by atoms with Gasteiger partial charge in [-0.3, -0.25) is 10.2 Å². The Bertz CT molecular complexity index is 1090. The number of hydrogen-bond donors (Lipinski definition) is 1. The van der Waals surface area contributed by atoms with Crippen LogP contribution in [0.5, 0.6) is 0 Å². The summed E-state index contributed by atoms with van der Waals surface area (Å²) in [5.74, 6) is -0.185. The molecular formula is C23H26Cl2N4OS. The van der Waals surface area contributed by atoms with Gasteiger partial charge in [-0.2, -0.15) is 5.10 Å². The monoisotopic (exact) mass is 476 g/mol. The minimum Gasteiger partial charge on any atom is -0.283 e. The summed E-state index contributed by atoms with van der Waals surface area (Å²) in [5, 5.41) is 7.76. The number of nitrogens with one attached hydrogen (secondary N) is 1. The number of aromatic nitrogens is 2. The van der Waals surface area contributed by atoms with Crippen molar-refractivity contribution in [3.8, 4) is 16.3 Å². The first-order chi connectivity index (χ1) is 15.0. The molecule has 5 nitrogen and oxygen atoms in total. The highest BCUT2D eigenvalue weighted by Gasteiger charge is 2.25. The zero-order chi connectivity index (χ0) is 22.0. The average Bonchev–Trinajstić information content (AvgIpc) is 3.33. The lowest BCUT2D eigenvalue weighted by molar-refractivity contribution is 0.0743. The fraction of sp³-hybridized carbons (Fsp3) is 0.391. The molecule has 0 aliphatic carbocycles. The molecule has 4 rings (SSSR count). The number of halogens is 2. The predicted molar refractivity (Wildman–Crippen MR) is 129 cm³/mol. The number of carbonyl (C=O) groups excluding carboxylic acids is 1. The molecule has 0 saturated carbocycles. The number of carbonyl (C=O) groups is 1. The Morgan fingerprint density at radius 1 is 1.16 bits per heavy atom. The zero-order valence-electron chi connectivity index (χ0n) is 17.8. The topological polar surface area (TPSA) is 50.2 Å². The number of benzene rings is 1. The summed E-state index contributed by atoms with van der Waals surface area (Å²) in [7, 11) is 0. The second kappa shape index (κ2) is 9.74. The van der Waals surface area contributed by atoms with Crippen LogP contribution in [0.15, 0.2) is 30.3 Å². The quantitative estimate of drug-likeness (QED) is 0.453. The second-order valence-electron chi connectivity index (χ2n) is 7.83. The Balaban J connectivity index is 1.78. The van der Waals surface area contributed by atoms with E-state index in [2.05, 4.69) is 24.5 Å². The summed E-state index contributed by atoms with van der Waals surface area (Å²) >= 11 is 14.4. The van der Waals surface area contributed by atoms with Gasteiger partial charge in [-0.25, -0.2) is 9.69 Å². The van der Waals surface area contributed by atoms with E-state index in [-0.39, 0.29) is 5.91 Å². The summed E-state index contributed by atoms with van der Waals surface area (Å²) in [6.45, 7) is 5.86. The van der Waals surface area contributed by atoms with E-state index in [4.69, 9.17) is 28.3 Å². The molecule has 1 aliphatic heterocycles. The Labute approximate surface area is 196 Å². The lowest BCUT2D eigenvalue weighted by Gasteiger charge is -2.26. The third-order valence-electron chi connectivity index (χ3n) is 5.48. The van der Waals surface area contributed by atoms with Gasteiger partial charge in [-0.1, -0.05) is 43.0 Å². The smallest absolute Gasteiger partial charge is 0.283 e. The van der Waals surface area contributed by atoms with Gasteiger partial charge in [-0.15, -0.1) is 11.3 Å². The fourth-order valence-electron chi connectivity index (χ4n) is 3.92. The number of rotatable bonds is 6. The van der Waals surface area contributed by atoms with E-state index in [9.17, 15) is 4.79 Å². The van der Waals surface area contributed by atoms with Gasteiger partial charge in [0.2, 0.25) is 0 Å². The lowest BCUT2D eigenvalue weighted by atomic mass is 10.1. The Morgan fingerprint density at radius 3 is 2.65 bits per heavy atom. The molecule has 0 bridgehead atoms. The molecule has 1 saturated heterocycles. The van der Waals surface area contributed by atoms with Crippen LogP contribution in [0.2, 0.25) is 10.0 Å². The highest BCUT2D eigenvalue weighted by molar-refractivity contribution is 7.15. The largest absolute Gasteiger partial charge is 0.286 e. The summed E-state index contributed by atoms with van der Waals surface area (Å²) in [4.78, 5) is 15.5. The van der Waals surface area contributed by atoms with Gasteiger partial charge in [0.05, 0.1) is 21.3 Å². The molecule has 3 aromatic rings. The van der Waals surface area contributed by atoms with Crippen LogP contribution in [0.25, 0.3) is 16.3 Å². The Kier molecular flexibility index (Phi) is 7.02. The van der Waals surface area contributed by atoms with Gasteiger partial charge in [0.25, 0.3) is 5.91 Å². The second-order valence-corrected chi connectivity index (χ2v) is 9.85. The van der Waals surface area contributed by atoms with Gasteiger partial charge in [0.15, 0.2) is 5.69 Å². The molecule has 31 heavy (non-hydrogen) atoms. The molecule has 1 aliphatic rings. The molecule has 0 unspecified atom stereocenters. The van der Waals surface area contributed by atoms with E-state index >= 15 is 0 Å². The molecule has 2 aromatic heterocycles. The van der Waals surface area contributed by atoms with Crippen molar-refractivity contribution in [1.29, 1.82) is 0 Å². The molecule has 1 fully saturated rings. The number of nitrogens with zero attached hydrogens (tertiary/aromatic N) is 3. The first kappa shape index (κ1) is 22.3. The van der Waals surface area contributed by atoms with E-state index < -0.39 is 0 Å². The zero-order valence-corrected chi connectivity index (χ0v) is 20.1. The van der Waals surface area contributed by atoms with Gasteiger partial charge in [0.1, 0.15) is 0 Å². The first-order valence-electron chi connectivity index (χ1n) is 10.7. The maximum atomic E-state index is 13.1. The first-order valence-corrected chi connectivity index (χ1v) is 12.2. The minimum atomic E-state index is -0.185. The van der Waals surface area contributed by atoms with Crippen molar-refractivity contribution in [2.45, 2.75) is 46.0 Å². The normalized spacial score (nSPS) is 14.7. The molecular weight excluding hydrogens is 451 g/mol. The van der Waals surface area contributed by atoms with Crippen molar-refractivity contribution in [3.05, 3.63) is 56.5 Å². The van der Waals surface area contributed by atoms with Crippen molar-refractivity contribution < 1.29 is 4.79 Å². The number of piperidine rings is 1. The molecule has 1 N–H and O–H groups in total. The maximum absolute atomic E-state index is 13.1. The Hall–Kier alpha value is -1.86. The number of amides is 1. The minimum absolute atomic E-state index is 0.185. The van der Waals surface area contributed by atoms with E-state index in [0.29, 0.717) is 21.4 Å². The standard InChI is InChI=1S/C23H26Cl2N4OS/c1-3-7-17-9-11-20(31-17)22-15(2)21(23(30)27-28-12-5-4-6-13-28)26-29(22)19-10-8-16(24)14-18(19)25/h8-11,14H,3-7,12-13H2,1-2H3,(H,27,30). The maximum Gasteiger partial charge on any atom is 0.286 e. The van der Waals surface area contributed by atoms with Crippen LogP contribution in [0.4, 0.5) is 0 Å². The molecule has 0 radical (unpaired) electrons.